The normalized spacial score (nSPS) is 12.7. The molecule has 182 valence electrons. The molecule has 1 atom stereocenters. The predicted molar refractivity (Wildman–Crippen MR) is 132 cm³/mol. The van der Waals surface area contributed by atoms with Gasteiger partial charge in [0, 0.05) is 29.9 Å². The van der Waals surface area contributed by atoms with Crippen LogP contribution in [0.1, 0.15) is 42.4 Å². The summed E-state index contributed by atoms with van der Waals surface area (Å²) in [7, 11) is 0. The minimum atomic E-state index is -4.50. The molecular weight excluding hydrogens is 455 g/mol. The molecule has 0 aliphatic rings. The van der Waals surface area contributed by atoms with Crippen molar-refractivity contribution in [2.45, 2.75) is 46.5 Å². The zero-order valence-corrected chi connectivity index (χ0v) is 19.9. The number of rotatable bonds is 5. The third kappa shape index (κ3) is 4.99. The Balaban J connectivity index is 1.79. The highest BCUT2D eigenvalue weighted by molar-refractivity contribution is 5.94. The number of nitrogens with zero attached hydrogens (tertiary/aromatic N) is 3. The average Bonchev–Trinajstić information content (AvgIpc) is 2.77. The zero-order valence-electron chi connectivity index (χ0n) is 19.9. The van der Waals surface area contributed by atoms with Gasteiger partial charge in [0.2, 0.25) is 0 Å². The zero-order chi connectivity index (χ0) is 25.5. The summed E-state index contributed by atoms with van der Waals surface area (Å²) in [5.41, 5.74) is 8.53. The summed E-state index contributed by atoms with van der Waals surface area (Å²) in [5.74, 6) is 1.01. The first-order valence-electron chi connectivity index (χ1n) is 11.2. The van der Waals surface area contributed by atoms with E-state index in [2.05, 4.69) is 15.3 Å². The smallest absolute Gasteiger partial charge is 0.399 e. The van der Waals surface area contributed by atoms with E-state index in [-0.39, 0.29) is 11.2 Å². The lowest BCUT2D eigenvalue weighted by Gasteiger charge is -2.19. The average molecular weight is 482 g/mol. The maximum atomic E-state index is 13.3. The van der Waals surface area contributed by atoms with Gasteiger partial charge in [-0.1, -0.05) is 0 Å². The van der Waals surface area contributed by atoms with Crippen molar-refractivity contribution in [2.75, 3.05) is 11.1 Å². The van der Waals surface area contributed by atoms with Crippen LogP contribution < -0.4 is 16.6 Å². The van der Waals surface area contributed by atoms with Crippen molar-refractivity contribution >= 4 is 22.4 Å². The van der Waals surface area contributed by atoms with Gasteiger partial charge in [0.15, 0.2) is 0 Å². The number of nitrogen functional groups attached to an aromatic ring is 1. The van der Waals surface area contributed by atoms with Gasteiger partial charge in [-0.05, 0) is 86.3 Å². The van der Waals surface area contributed by atoms with Crippen LogP contribution in [0.5, 0.6) is 0 Å². The molecule has 4 aromatic rings. The maximum absolute atomic E-state index is 13.3. The van der Waals surface area contributed by atoms with Crippen molar-refractivity contribution in [2.24, 2.45) is 0 Å². The van der Waals surface area contributed by atoms with Crippen LogP contribution in [0, 0.1) is 13.8 Å². The molecule has 0 fully saturated rings. The minimum absolute atomic E-state index is 0.0342. The molecule has 35 heavy (non-hydrogen) atoms. The molecule has 2 aromatic heterocycles. The molecule has 2 aromatic carbocycles. The number of halogens is 3. The molecule has 3 N–H and O–H groups in total. The number of pyridine rings is 1. The molecule has 9 heteroatoms. The Morgan fingerprint density at radius 2 is 1.83 bits per heavy atom. The number of nitrogens with one attached hydrogen (secondary N) is 1. The minimum Gasteiger partial charge on any atom is -0.399 e. The van der Waals surface area contributed by atoms with Crippen LogP contribution >= 0.6 is 0 Å². The number of nitrogens with two attached hydrogens (primary N) is 1. The number of benzene rings is 2. The summed E-state index contributed by atoms with van der Waals surface area (Å²) in [4.78, 5) is 21.5. The molecule has 0 aliphatic heterocycles. The van der Waals surface area contributed by atoms with E-state index in [0.717, 1.165) is 28.8 Å². The fourth-order valence-corrected chi connectivity index (χ4v) is 4.13. The Morgan fingerprint density at radius 1 is 1.09 bits per heavy atom. The Morgan fingerprint density at radius 3 is 2.49 bits per heavy atom. The lowest BCUT2D eigenvalue weighted by Crippen LogP contribution is -2.17. The van der Waals surface area contributed by atoms with Crippen molar-refractivity contribution in [1.29, 1.82) is 0 Å². The van der Waals surface area contributed by atoms with Gasteiger partial charge in [-0.25, -0.2) is 9.97 Å². The molecule has 0 amide bonds. The van der Waals surface area contributed by atoms with Crippen LogP contribution in [-0.2, 0) is 12.7 Å². The molecular formula is C26H26F3N5O. The fourth-order valence-electron chi connectivity index (χ4n) is 4.13. The summed E-state index contributed by atoms with van der Waals surface area (Å²) in [6, 6.07) is 10.3. The quantitative estimate of drug-likeness (QED) is 0.348. The number of alkyl halides is 3. The van der Waals surface area contributed by atoms with Gasteiger partial charge in [0.05, 0.1) is 17.1 Å². The van der Waals surface area contributed by atoms with Gasteiger partial charge in [-0.15, -0.1) is 0 Å². The lowest BCUT2D eigenvalue weighted by atomic mass is 9.98. The summed E-state index contributed by atoms with van der Waals surface area (Å²) in [6.07, 6.45) is -2.74. The second-order valence-electron chi connectivity index (χ2n) is 8.60. The van der Waals surface area contributed by atoms with Gasteiger partial charge in [0.1, 0.15) is 11.6 Å². The van der Waals surface area contributed by atoms with Crippen LogP contribution in [0.15, 0.2) is 53.5 Å². The van der Waals surface area contributed by atoms with E-state index in [1.54, 1.807) is 30.7 Å². The number of fused-ring (bicyclic) bond motifs is 1. The standard InChI is InChI=1S/C26H26F3N5O/c1-5-34-7-6-17(11-24(34)35)21-13-22-23(8-14(21)2)32-16(4)33-25(22)31-15(3)18-9-19(26(27,28)29)12-20(30)10-18/h6-13,15H,5,30H2,1-4H3,(H,31,32,33)/t15-/m0/s1. The van der Waals surface area contributed by atoms with Gasteiger partial charge in [-0.3, -0.25) is 4.79 Å². The molecule has 4 rings (SSSR count). The van der Waals surface area contributed by atoms with Gasteiger partial charge in [0.25, 0.3) is 5.56 Å². The Labute approximate surface area is 200 Å². The number of aromatic nitrogens is 3. The van der Waals surface area contributed by atoms with Crippen molar-refractivity contribution in [3.63, 3.8) is 0 Å². The van der Waals surface area contributed by atoms with Crippen LogP contribution in [0.25, 0.3) is 22.0 Å². The summed E-state index contributed by atoms with van der Waals surface area (Å²) in [5, 5.41) is 3.93. The molecule has 2 heterocycles. The van der Waals surface area contributed by atoms with Crippen LogP contribution in [0.2, 0.25) is 0 Å². The first-order chi connectivity index (χ1) is 16.5. The van der Waals surface area contributed by atoms with Crippen LogP contribution in [-0.4, -0.2) is 14.5 Å². The third-order valence-corrected chi connectivity index (χ3v) is 5.96. The van der Waals surface area contributed by atoms with E-state index in [1.165, 1.54) is 6.07 Å². The molecule has 0 unspecified atom stereocenters. The number of anilines is 2. The van der Waals surface area contributed by atoms with Crippen LogP contribution in [0.3, 0.4) is 0 Å². The van der Waals surface area contributed by atoms with E-state index in [9.17, 15) is 18.0 Å². The largest absolute Gasteiger partial charge is 0.416 e. The van der Waals surface area contributed by atoms with E-state index in [1.807, 2.05) is 32.0 Å². The second-order valence-corrected chi connectivity index (χ2v) is 8.60. The SMILES string of the molecule is CCn1ccc(-c2cc3c(N[C@@H](C)c4cc(N)cc(C(F)(F)F)c4)nc(C)nc3cc2C)cc1=O. The lowest BCUT2D eigenvalue weighted by molar-refractivity contribution is -0.137. The topological polar surface area (TPSA) is 85.8 Å². The highest BCUT2D eigenvalue weighted by Gasteiger charge is 2.31. The number of aryl methyl sites for hydroxylation is 3. The van der Waals surface area contributed by atoms with Gasteiger partial charge in [-0.2, -0.15) is 13.2 Å². The Bertz CT molecular complexity index is 1480. The Kier molecular flexibility index (Phi) is 6.27. The highest BCUT2D eigenvalue weighted by atomic mass is 19.4. The summed E-state index contributed by atoms with van der Waals surface area (Å²) >= 11 is 0. The van der Waals surface area contributed by atoms with Crippen molar-refractivity contribution < 1.29 is 13.2 Å². The van der Waals surface area contributed by atoms with Crippen molar-refractivity contribution in [3.05, 3.63) is 81.5 Å². The molecule has 0 bridgehead atoms. The predicted octanol–water partition coefficient (Wildman–Crippen LogP) is 5.87. The fraction of sp³-hybridized carbons (Fsp3) is 0.269. The highest BCUT2D eigenvalue weighted by Crippen LogP contribution is 2.35. The number of hydrogen-bond donors (Lipinski definition) is 2. The molecule has 6 nitrogen and oxygen atoms in total. The van der Waals surface area contributed by atoms with Crippen molar-refractivity contribution in [1.82, 2.24) is 14.5 Å². The molecule has 0 saturated heterocycles. The first-order valence-corrected chi connectivity index (χ1v) is 11.2. The molecule has 0 saturated carbocycles. The summed E-state index contributed by atoms with van der Waals surface area (Å²) < 4.78 is 41.5. The molecule has 0 aliphatic carbocycles. The van der Waals surface area contributed by atoms with E-state index < -0.39 is 17.8 Å². The van der Waals surface area contributed by atoms with Gasteiger partial charge >= 0.3 is 6.18 Å². The molecule has 0 radical (unpaired) electrons. The van der Waals surface area contributed by atoms with E-state index in [0.29, 0.717) is 34.7 Å². The summed E-state index contributed by atoms with van der Waals surface area (Å²) in [6.45, 7) is 7.93. The van der Waals surface area contributed by atoms with E-state index >= 15 is 0 Å². The monoisotopic (exact) mass is 481 g/mol. The molecule has 0 spiro atoms. The first kappa shape index (κ1) is 24.3. The number of hydrogen-bond acceptors (Lipinski definition) is 5. The second kappa shape index (κ2) is 9.05. The van der Waals surface area contributed by atoms with Gasteiger partial charge < -0.3 is 15.6 Å². The third-order valence-electron chi connectivity index (χ3n) is 5.96. The van der Waals surface area contributed by atoms with Crippen LogP contribution in [0.4, 0.5) is 24.7 Å². The van der Waals surface area contributed by atoms with Crippen molar-refractivity contribution in [3.8, 4) is 11.1 Å². The Hall–Kier alpha value is -3.88. The maximum Gasteiger partial charge on any atom is 0.416 e. The van der Waals surface area contributed by atoms with E-state index in [4.69, 9.17) is 5.73 Å².